The van der Waals surface area contributed by atoms with Gasteiger partial charge < -0.3 is 14.0 Å². The second kappa shape index (κ2) is 6.93. The Bertz CT molecular complexity index is 1070. The fraction of sp³-hybridized carbons (Fsp3) is 0.111. The van der Waals surface area contributed by atoms with Crippen LogP contribution in [0.5, 0.6) is 5.75 Å². The van der Waals surface area contributed by atoms with Crippen LogP contribution in [0.3, 0.4) is 0 Å². The van der Waals surface area contributed by atoms with Crippen molar-refractivity contribution in [2.24, 2.45) is 0 Å². The van der Waals surface area contributed by atoms with Crippen LogP contribution in [0.25, 0.3) is 22.4 Å². The highest BCUT2D eigenvalue weighted by atomic mass is 32.1. The smallest absolute Gasteiger partial charge is 0.338 e. The average molecular weight is 367 g/mol. The van der Waals surface area contributed by atoms with Crippen molar-refractivity contribution in [3.63, 3.8) is 0 Å². The van der Waals surface area contributed by atoms with Gasteiger partial charge in [-0.15, -0.1) is 0 Å². The standard InChI is InChI=1S/C18H13N3O4S/c1-23-14-4-2-3-11(7-14)17-9-13(19-25-17)10-24-18(22)12-5-6-15-16(8-12)21-26-20-15/h2-9H,10H2,1H3. The first-order chi connectivity index (χ1) is 12.7. The highest BCUT2D eigenvalue weighted by Crippen LogP contribution is 2.24. The van der Waals surface area contributed by atoms with E-state index in [1.807, 2.05) is 24.3 Å². The third-order valence-electron chi connectivity index (χ3n) is 3.75. The largest absolute Gasteiger partial charge is 0.497 e. The second-order valence-corrected chi connectivity index (χ2v) is 5.99. The molecule has 0 N–H and O–H groups in total. The predicted molar refractivity (Wildman–Crippen MR) is 95.0 cm³/mol. The first-order valence-electron chi connectivity index (χ1n) is 7.72. The van der Waals surface area contributed by atoms with Crippen LogP contribution in [-0.2, 0) is 11.3 Å². The monoisotopic (exact) mass is 367 g/mol. The lowest BCUT2D eigenvalue weighted by atomic mass is 10.1. The Balaban J connectivity index is 1.44. The zero-order chi connectivity index (χ0) is 17.9. The van der Waals surface area contributed by atoms with Crippen LogP contribution in [-0.4, -0.2) is 27.0 Å². The van der Waals surface area contributed by atoms with E-state index in [2.05, 4.69) is 13.9 Å². The minimum absolute atomic E-state index is 0.0135. The van der Waals surface area contributed by atoms with Gasteiger partial charge in [0.2, 0.25) is 0 Å². The van der Waals surface area contributed by atoms with Crippen molar-refractivity contribution in [3.05, 3.63) is 59.8 Å². The lowest BCUT2D eigenvalue weighted by Gasteiger charge is -2.02. The maximum Gasteiger partial charge on any atom is 0.338 e. The summed E-state index contributed by atoms with van der Waals surface area (Å²) in [6.07, 6.45) is 0. The molecule has 2 heterocycles. The maximum absolute atomic E-state index is 12.2. The molecule has 0 unspecified atom stereocenters. The Morgan fingerprint density at radius 2 is 2.00 bits per heavy atom. The number of carbonyl (C=O) groups is 1. The van der Waals surface area contributed by atoms with Gasteiger partial charge in [0.1, 0.15) is 29.1 Å². The summed E-state index contributed by atoms with van der Waals surface area (Å²) >= 11 is 1.10. The molecule has 130 valence electrons. The molecule has 0 atom stereocenters. The van der Waals surface area contributed by atoms with Crippen LogP contribution < -0.4 is 4.74 Å². The lowest BCUT2D eigenvalue weighted by Crippen LogP contribution is -2.05. The van der Waals surface area contributed by atoms with Crippen molar-refractivity contribution < 1.29 is 18.8 Å². The zero-order valence-corrected chi connectivity index (χ0v) is 14.5. The summed E-state index contributed by atoms with van der Waals surface area (Å²) in [4.78, 5) is 12.2. The van der Waals surface area contributed by atoms with E-state index in [4.69, 9.17) is 14.0 Å². The average Bonchev–Trinajstić information content (AvgIpc) is 3.34. The summed E-state index contributed by atoms with van der Waals surface area (Å²) in [5, 5.41) is 3.94. The molecule has 2 aromatic heterocycles. The normalized spacial score (nSPS) is 10.8. The number of benzene rings is 2. The SMILES string of the molecule is COc1cccc(-c2cc(COC(=O)c3ccc4nsnc4c3)no2)c1. The highest BCUT2D eigenvalue weighted by Gasteiger charge is 2.13. The number of ether oxygens (including phenoxy) is 2. The van der Waals surface area contributed by atoms with Crippen LogP contribution in [0, 0.1) is 0 Å². The molecule has 4 rings (SSSR count). The Morgan fingerprint density at radius 1 is 1.12 bits per heavy atom. The summed E-state index contributed by atoms with van der Waals surface area (Å²) in [6.45, 7) is 0.0135. The molecular weight excluding hydrogens is 354 g/mol. The van der Waals surface area contributed by atoms with Crippen molar-refractivity contribution >= 4 is 28.7 Å². The second-order valence-electron chi connectivity index (χ2n) is 5.46. The molecule has 0 aliphatic rings. The summed E-state index contributed by atoms with van der Waals surface area (Å²) in [5.74, 6) is 0.842. The Labute approximate surface area is 152 Å². The quantitative estimate of drug-likeness (QED) is 0.497. The number of nitrogens with zero attached hydrogens (tertiary/aromatic N) is 3. The third-order valence-corrected chi connectivity index (χ3v) is 4.31. The topological polar surface area (TPSA) is 87.3 Å². The number of hydrogen-bond donors (Lipinski definition) is 0. The molecule has 0 radical (unpaired) electrons. The zero-order valence-electron chi connectivity index (χ0n) is 13.7. The van der Waals surface area contributed by atoms with Gasteiger partial charge >= 0.3 is 5.97 Å². The van der Waals surface area contributed by atoms with Gasteiger partial charge in [0.05, 0.1) is 24.4 Å². The molecule has 0 aliphatic carbocycles. The number of rotatable bonds is 5. The summed E-state index contributed by atoms with van der Waals surface area (Å²) in [6, 6.07) is 14.2. The molecule has 0 saturated carbocycles. The molecular formula is C18H13N3O4S. The van der Waals surface area contributed by atoms with Gasteiger partial charge in [-0.1, -0.05) is 17.3 Å². The van der Waals surface area contributed by atoms with Crippen molar-refractivity contribution in [1.29, 1.82) is 0 Å². The van der Waals surface area contributed by atoms with E-state index in [9.17, 15) is 4.79 Å². The van der Waals surface area contributed by atoms with E-state index in [0.29, 0.717) is 22.5 Å². The Morgan fingerprint density at radius 3 is 2.88 bits per heavy atom. The molecule has 0 bridgehead atoms. The van der Waals surface area contributed by atoms with Crippen molar-refractivity contribution in [1.82, 2.24) is 13.9 Å². The molecule has 4 aromatic rings. The molecule has 7 nitrogen and oxygen atoms in total. The lowest BCUT2D eigenvalue weighted by molar-refractivity contribution is 0.0464. The summed E-state index contributed by atoms with van der Waals surface area (Å²) in [5.41, 5.74) is 3.20. The van der Waals surface area contributed by atoms with Gasteiger partial charge in [0.25, 0.3) is 0 Å². The highest BCUT2D eigenvalue weighted by molar-refractivity contribution is 7.00. The summed E-state index contributed by atoms with van der Waals surface area (Å²) < 4.78 is 24.0. The fourth-order valence-electron chi connectivity index (χ4n) is 2.42. The van der Waals surface area contributed by atoms with Crippen molar-refractivity contribution in [3.8, 4) is 17.1 Å². The minimum Gasteiger partial charge on any atom is -0.497 e. The van der Waals surface area contributed by atoms with E-state index in [0.717, 1.165) is 28.6 Å². The molecule has 0 amide bonds. The molecule has 0 aliphatic heterocycles. The number of carbonyl (C=O) groups excluding carboxylic acids is 1. The predicted octanol–water partition coefficient (Wildman–Crippen LogP) is 3.71. The van der Waals surface area contributed by atoms with Crippen molar-refractivity contribution in [2.75, 3.05) is 7.11 Å². The van der Waals surface area contributed by atoms with Crippen molar-refractivity contribution in [2.45, 2.75) is 6.61 Å². The van der Waals surface area contributed by atoms with Gasteiger partial charge in [0, 0.05) is 11.6 Å². The number of hydrogen-bond acceptors (Lipinski definition) is 8. The molecule has 0 spiro atoms. The van der Waals surface area contributed by atoms with Crippen LogP contribution in [0.4, 0.5) is 0 Å². The van der Waals surface area contributed by atoms with E-state index in [-0.39, 0.29) is 6.61 Å². The van der Waals surface area contributed by atoms with Crippen LogP contribution in [0.2, 0.25) is 0 Å². The van der Waals surface area contributed by atoms with E-state index >= 15 is 0 Å². The summed E-state index contributed by atoms with van der Waals surface area (Å²) in [7, 11) is 1.60. The molecule has 8 heteroatoms. The Kier molecular flexibility index (Phi) is 4.32. The Hall–Kier alpha value is -3.26. The molecule has 26 heavy (non-hydrogen) atoms. The molecule has 2 aromatic carbocycles. The van der Waals surface area contributed by atoms with Gasteiger partial charge in [-0.25, -0.2) is 4.79 Å². The minimum atomic E-state index is -0.453. The van der Waals surface area contributed by atoms with Gasteiger partial charge in [-0.05, 0) is 30.3 Å². The number of methoxy groups -OCH3 is 1. The van der Waals surface area contributed by atoms with E-state index < -0.39 is 5.97 Å². The first-order valence-corrected chi connectivity index (χ1v) is 8.45. The van der Waals surface area contributed by atoms with Gasteiger partial charge in [-0.3, -0.25) is 0 Å². The van der Waals surface area contributed by atoms with E-state index in [1.165, 1.54) is 0 Å². The van der Waals surface area contributed by atoms with Crippen LogP contribution in [0.1, 0.15) is 16.1 Å². The number of aromatic nitrogens is 3. The van der Waals surface area contributed by atoms with Gasteiger partial charge in [-0.2, -0.15) is 8.75 Å². The van der Waals surface area contributed by atoms with E-state index in [1.54, 1.807) is 31.4 Å². The maximum atomic E-state index is 12.2. The van der Waals surface area contributed by atoms with Crippen LogP contribution in [0.15, 0.2) is 53.1 Å². The third kappa shape index (κ3) is 3.27. The number of esters is 1. The first kappa shape index (κ1) is 16.2. The molecule has 0 fully saturated rings. The molecule has 0 saturated heterocycles. The number of fused-ring (bicyclic) bond motifs is 1. The van der Waals surface area contributed by atoms with Gasteiger partial charge in [0.15, 0.2) is 5.76 Å². The fourth-order valence-corrected chi connectivity index (χ4v) is 2.94. The van der Waals surface area contributed by atoms with Crippen LogP contribution >= 0.6 is 11.7 Å².